The number of benzene rings is 1. The van der Waals surface area contributed by atoms with E-state index in [1.165, 1.54) is 5.56 Å². The van der Waals surface area contributed by atoms with Crippen LogP contribution in [0.1, 0.15) is 12.0 Å². The first kappa shape index (κ1) is 20.8. The lowest BCUT2D eigenvalue weighted by Crippen LogP contribution is -2.31. The van der Waals surface area contributed by atoms with Crippen LogP contribution in [0, 0.1) is 0 Å². The second-order valence-corrected chi connectivity index (χ2v) is 7.53. The Morgan fingerprint density at radius 1 is 0.968 bits per heavy atom. The van der Waals surface area contributed by atoms with E-state index in [1.807, 2.05) is 60.9 Å². The van der Waals surface area contributed by atoms with Gasteiger partial charge in [-0.3, -0.25) is 14.7 Å². The molecule has 1 saturated heterocycles. The first-order valence-corrected chi connectivity index (χ1v) is 10.6. The van der Waals surface area contributed by atoms with Crippen molar-refractivity contribution in [1.82, 2.24) is 14.9 Å². The molecule has 2 aromatic heterocycles. The topological polar surface area (TPSA) is 70.6 Å². The van der Waals surface area contributed by atoms with Crippen molar-refractivity contribution in [2.45, 2.75) is 13.0 Å². The highest BCUT2D eigenvalue weighted by molar-refractivity contribution is 5.91. The zero-order valence-corrected chi connectivity index (χ0v) is 17.5. The molecule has 1 aliphatic heterocycles. The van der Waals surface area contributed by atoms with E-state index in [1.54, 1.807) is 6.20 Å². The van der Waals surface area contributed by atoms with Gasteiger partial charge in [0.1, 0.15) is 11.6 Å². The Hall–Kier alpha value is -3.45. The highest BCUT2D eigenvalue weighted by Gasteiger charge is 2.16. The summed E-state index contributed by atoms with van der Waals surface area (Å²) in [7, 11) is 0. The number of ether oxygens (including phenoxy) is 1. The molecule has 4 rings (SSSR count). The molecule has 0 unspecified atom stereocenters. The van der Waals surface area contributed by atoms with Gasteiger partial charge in [-0.05, 0) is 42.3 Å². The maximum atomic E-state index is 12.1. The molecule has 0 spiro atoms. The number of anilines is 2. The van der Waals surface area contributed by atoms with Crippen molar-refractivity contribution in [1.29, 1.82) is 0 Å². The summed E-state index contributed by atoms with van der Waals surface area (Å²) in [6.07, 6.45) is 6.52. The summed E-state index contributed by atoms with van der Waals surface area (Å²) >= 11 is 0. The normalized spacial score (nSPS) is 14.6. The van der Waals surface area contributed by atoms with Gasteiger partial charge >= 0.3 is 0 Å². The van der Waals surface area contributed by atoms with Crippen LogP contribution in [-0.4, -0.2) is 53.6 Å². The number of carbonyl (C=O) groups is 1. The number of nitrogens with one attached hydrogen (secondary N) is 1. The number of hydrogen-bond donors (Lipinski definition) is 1. The molecule has 3 aromatic rings. The molecule has 1 N–H and O–H groups in total. The Kier molecular flexibility index (Phi) is 7.08. The van der Waals surface area contributed by atoms with Crippen molar-refractivity contribution in [3.63, 3.8) is 0 Å². The van der Waals surface area contributed by atoms with E-state index in [9.17, 15) is 4.79 Å². The lowest BCUT2D eigenvalue weighted by molar-refractivity contribution is -0.118. The van der Waals surface area contributed by atoms with Crippen LogP contribution in [0.15, 0.2) is 73.2 Å². The monoisotopic (exact) mass is 417 g/mol. The van der Waals surface area contributed by atoms with Crippen LogP contribution in [0.3, 0.4) is 0 Å². The zero-order valence-electron chi connectivity index (χ0n) is 17.5. The molecule has 1 aromatic carbocycles. The van der Waals surface area contributed by atoms with E-state index in [-0.39, 0.29) is 12.5 Å². The predicted octanol–water partition coefficient (Wildman–Crippen LogP) is 3.21. The molecular weight excluding hydrogens is 390 g/mol. The number of amides is 1. The van der Waals surface area contributed by atoms with Gasteiger partial charge in [0.05, 0.1) is 11.9 Å². The maximum Gasteiger partial charge on any atom is 0.262 e. The standard InChI is InChI=1S/C24H27N5O2/c30-24(19-31-22-7-2-1-3-8-22)27-21-9-10-23(26-17-21)29-13-5-12-28(14-15-29)18-20-6-4-11-25-16-20/h1-4,6-11,16-17H,5,12-15,18-19H2,(H,27,30). The fourth-order valence-electron chi connectivity index (χ4n) is 3.62. The van der Waals surface area contributed by atoms with Crippen LogP contribution >= 0.6 is 0 Å². The number of pyridine rings is 2. The first-order valence-electron chi connectivity index (χ1n) is 10.6. The third kappa shape index (κ3) is 6.26. The van der Waals surface area contributed by atoms with E-state index in [0.717, 1.165) is 45.0 Å². The van der Waals surface area contributed by atoms with Gasteiger partial charge in [-0.1, -0.05) is 24.3 Å². The third-order valence-corrected chi connectivity index (χ3v) is 5.19. The van der Waals surface area contributed by atoms with Crippen LogP contribution in [0.2, 0.25) is 0 Å². The molecule has 1 fully saturated rings. The lowest BCUT2D eigenvalue weighted by Gasteiger charge is -2.23. The molecule has 3 heterocycles. The summed E-state index contributed by atoms with van der Waals surface area (Å²) in [5, 5.41) is 2.83. The number of hydrogen-bond acceptors (Lipinski definition) is 6. The first-order chi connectivity index (χ1) is 15.3. The molecule has 7 heteroatoms. The molecule has 0 aliphatic carbocycles. The van der Waals surface area contributed by atoms with E-state index in [0.29, 0.717) is 11.4 Å². The largest absolute Gasteiger partial charge is 0.484 e. The summed E-state index contributed by atoms with van der Waals surface area (Å²) in [5.41, 5.74) is 1.91. The van der Waals surface area contributed by atoms with E-state index in [2.05, 4.69) is 31.2 Å². The molecule has 7 nitrogen and oxygen atoms in total. The highest BCUT2D eigenvalue weighted by Crippen LogP contribution is 2.17. The van der Waals surface area contributed by atoms with Crippen molar-refractivity contribution < 1.29 is 9.53 Å². The van der Waals surface area contributed by atoms with Gasteiger partial charge in [0, 0.05) is 45.1 Å². The summed E-state index contributed by atoms with van der Waals surface area (Å²) in [6.45, 7) is 4.81. The number of para-hydroxylation sites is 1. The van der Waals surface area contributed by atoms with Gasteiger partial charge in [0.2, 0.25) is 0 Å². The fraction of sp³-hybridized carbons (Fsp3) is 0.292. The predicted molar refractivity (Wildman–Crippen MR) is 121 cm³/mol. The van der Waals surface area contributed by atoms with E-state index in [4.69, 9.17) is 4.74 Å². The molecule has 0 atom stereocenters. The molecule has 0 radical (unpaired) electrons. The molecule has 31 heavy (non-hydrogen) atoms. The average molecular weight is 418 g/mol. The smallest absolute Gasteiger partial charge is 0.262 e. The van der Waals surface area contributed by atoms with Crippen molar-refractivity contribution in [3.05, 3.63) is 78.8 Å². The minimum Gasteiger partial charge on any atom is -0.484 e. The maximum absolute atomic E-state index is 12.1. The van der Waals surface area contributed by atoms with Crippen LogP contribution < -0.4 is 15.0 Å². The summed E-state index contributed by atoms with van der Waals surface area (Å²) in [4.78, 5) is 25.6. The van der Waals surface area contributed by atoms with Gasteiger partial charge in [0.15, 0.2) is 6.61 Å². The summed E-state index contributed by atoms with van der Waals surface area (Å²) < 4.78 is 5.48. The quantitative estimate of drug-likeness (QED) is 0.637. The number of nitrogens with zero attached hydrogens (tertiary/aromatic N) is 4. The number of carbonyl (C=O) groups excluding carboxylic acids is 1. The Morgan fingerprint density at radius 2 is 1.87 bits per heavy atom. The van der Waals surface area contributed by atoms with Crippen molar-refractivity contribution in [2.24, 2.45) is 0 Å². The second-order valence-electron chi connectivity index (χ2n) is 7.53. The molecule has 1 aliphatic rings. The average Bonchev–Trinajstić information content (AvgIpc) is 3.05. The lowest BCUT2D eigenvalue weighted by atomic mass is 10.2. The van der Waals surface area contributed by atoms with Gasteiger partial charge in [0.25, 0.3) is 5.91 Å². The van der Waals surface area contributed by atoms with Crippen LogP contribution in [0.25, 0.3) is 0 Å². The minimum absolute atomic E-state index is 0.0370. The third-order valence-electron chi connectivity index (χ3n) is 5.19. The van der Waals surface area contributed by atoms with E-state index < -0.39 is 0 Å². The molecule has 1 amide bonds. The van der Waals surface area contributed by atoms with Gasteiger partial charge < -0.3 is 15.0 Å². The second kappa shape index (κ2) is 10.5. The van der Waals surface area contributed by atoms with Gasteiger partial charge in [-0.25, -0.2) is 4.98 Å². The highest BCUT2D eigenvalue weighted by atomic mass is 16.5. The fourth-order valence-corrected chi connectivity index (χ4v) is 3.62. The van der Waals surface area contributed by atoms with Crippen LogP contribution in [0.4, 0.5) is 11.5 Å². The van der Waals surface area contributed by atoms with Gasteiger partial charge in [-0.2, -0.15) is 0 Å². The minimum atomic E-state index is -0.209. The van der Waals surface area contributed by atoms with Crippen molar-refractivity contribution in [2.75, 3.05) is 43.0 Å². The zero-order chi connectivity index (χ0) is 21.3. The van der Waals surface area contributed by atoms with Crippen molar-refractivity contribution >= 4 is 17.4 Å². The van der Waals surface area contributed by atoms with Gasteiger partial charge in [-0.15, -0.1) is 0 Å². The van der Waals surface area contributed by atoms with Crippen LogP contribution in [-0.2, 0) is 11.3 Å². The molecular formula is C24H27N5O2. The summed E-state index contributed by atoms with van der Waals surface area (Å²) in [6, 6.07) is 17.2. The Morgan fingerprint density at radius 3 is 2.65 bits per heavy atom. The molecule has 0 saturated carbocycles. The Labute approximate surface area is 182 Å². The van der Waals surface area contributed by atoms with Crippen molar-refractivity contribution in [3.8, 4) is 5.75 Å². The summed E-state index contributed by atoms with van der Waals surface area (Å²) in [5.74, 6) is 1.39. The Balaban J connectivity index is 1.26. The van der Waals surface area contributed by atoms with E-state index >= 15 is 0 Å². The van der Waals surface area contributed by atoms with Crippen LogP contribution in [0.5, 0.6) is 5.75 Å². The number of aromatic nitrogens is 2. The SMILES string of the molecule is O=C(COc1ccccc1)Nc1ccc(N2CCCN(Cc3cccnc3)CC2)nc1. The Bertz CT molecular complexity index is 951. The molecule has 0 bridgehead atoms. The number of rotatable bonds is 7. The molecule has 160 valence electrons.